The number of methoxy groups -OCH3 is 1. The molecule has 3 amide bonds. The van der Waals surface area contributed by atoms with Gasteiger partial charge in [0.05, 0.1) is 43.8 Å². The highest BCUT2D eigenvalue weighted by Gasteiger charge is 2.38. The zero-order valence-electron chi connectivity index (χ0n) is 25.8. The molecular weight excluding hydrogens is 651 g/mol. The van der Waals surface area contributed by atoms with Crippen molar-refractivity contribution in [3.8, 4) is 23.0 Å². The van der Waals surface area contributed by atoms with Crippen molar-refractivity contribution in [3.63, 3.8) is 0 Å². The van der Waals surface area contributed by atoms with Crippen molar-refractivity contribution in [1.29, 1.82) is 0 Å². The Bertz CT molecular complexity index is 1770. The summed E-state index contributed by atoms with van der Waals surface area (Å²) in [4.78, 5) is 32.0. The van der Waals surface area contributed by atoms with Gasteiger partial charge in [-0.05, 0) is 42.8 Å². The molecule has 3 aromatic carbocycles. The van der Waals surface area contributed by atoms with Gasteiger partial charge in [0, 0.05) is 55.1 Å². The Kier molecular flexibility index (Phi) is 10.4. The van der Waals surface area contributed by atoms with Crippen LogP contribution in [-0.2, 0) is 9.53 Å². The van der Waals surface area contributed by atoms with E-state index in [1.807, 2.05) is 12.1 Å². The smallest absolute Gasteiger partial charge is 0.338 e. The molecule has 11 nitrogen and oxygen atoms in total. The van der Waals surface area contributed by atoms with Crippen molar-refractivity contribution in [3.05, 3.63) is 83.8 Å². The number of hydrogen-bond donors (Lipinski definition) is 2. The first kappa shape index (κ1) is 33.2. The molecule has 0 aliphatic carbocycles. The zero-order chi connectivity index (χ0) is 33.6. The van der Waals surface area contributed by atoms with Crippen LogP contribution in [-0.4, -0.2) is 79.1 Å². The number of carbonyl (C=O) groups excluding carboxylic acids is 2. The summed E-state index contributed by atoms with van der Waals surface area (Å²) in [5, 5.41) is 2.89. The molecule has 1 unspecified atom stereocenters. The summed E-state index contributed by atoms with van der Waals surface area (Å²) in [5.74, 6) is -2.01. The number of aromatic nitrogens is 1. The first-order valence-corrected chi connectivity index (χ1v) is 16.2. The standard InChI is InChI=1S/C33H32F3N5O6S/c1-44-28-17-23-26(18-29(28)46-12-2-9-40-10-13-45-14-11-40)37-8-7-27(23)47-22-5-3-21(4-6-22)38-33(43)39-41-30(42)19-48-32(41)31-24(35)15-20(34)16-25(31)36/h3-8,15-18,32H,2,9-14,19H2,1H3,(H2,38,39,43). The van der Waals surface area contributed by atoms with Crippen molar-refractivity contribution < 1.29 is 41.7 Å². The number of benzene rings is 3. The summed E-state index contributed by atoms with van der Waals surface area (Å²) >= 11 is 0.900. The highest BCUT2D eigenvalue weighted by Crippen LogP contribution is 2.40. The minimum atomic E-state index is -1.21. The number of ether oxygens (including phenoxy) is 4. The molecule has 2 saturated heterocycles. The number of hydrogen-bond acceptors (Lipinski definition) is 9. The number of pyridine rings is 1. The molecule has 1 atom stereocenters. The van der Waals surface area contributed by atoms with E-state index in [1.165, 1.54) is 0 Å². The molecule has 0 spiro atoms. The van der Waals surface area contributed by atoms with Crippen LogP contribution in [0, 0.1) is 17.5 Å². The maximum atomic E-state index is 14.4. The molecule has 15 heteroatoms. The molecule has 2 aliphatic heterocycles. The summed E-state index contributed by atoms with van der Waals surface area (Å²) in [6.45, 7) is 4.80. The number of carbonyl (C=O) groups is 2. The van der Waals surface area contributed by atoms with Gasteiger partial charge >= 0.3 is 6.03 Å². The van der Waals surface area contributed by atoms with E-state index < -0.39 is 40.3 Å². The number of nitrogens with one attached hydrogen (secondary N) is 2. The van der Waals surface area contributed by atoms with Gasteiger partial charge in [-0.15, -0.1) is 11.8 Å². The molecular formula is C33H32F3N5O6S. The molecule has 3 heterocycles. The Hall–Kier alpha value is -4.73. The molecule has 4 aromatic rings. The minimum Gasteiger partial charge on any atom is -0.493 e. The Morgan fingerprint density at radius 1 is 1.02 bits per heavy atom. The number of anilines is 1. The summed E-state index contributed by atoms with van der Waals surface area (Å²) in [5.41, 5.74) is 2.81. The number of thioether (sulfide) groups is 1. The number of fused-ring (bicyclic) bond motifs is 1. The third-order valence-electron chi connectivity index (χ3n) is 7.69. The van der Waals surface area contributed by atoms with Crippen LogP contribution in [0.2, 0.25) is 0 Å². The molecule has 0 radical (unpaired) electrons. The number of hydrazine groups is 1. The van der Waals surface area contributed by atoms with Crippen molar-refractivity contribution >= 4 is 40.3 Å². The van der Waals surface area contributed by atoms with Gasteiger partial charge in [0.15, 0.2) is 11.5 Å². The normalized spacial score (nSPS) is 16.6. The van der Waals surface area contributed by atoms with Crippen molar-refractivity contribution in [2.24, 2.45) is 0 Å². The molecule has 2 fully saturated rings. The molecule has 48 heavy (non-hydrogen) atoms. The largest absolute Gasteiger partial charge is 0.493 e. The maximum absolute atomic E-state index is 14.4. The Labute approximate surface area is 278 Å². The van der Waals surface area contributed by atoms with Gasteiger partial charge in [-0.1, -0.05) is 0 Å². The third-order valence-corrected chi connectivity index (χ3v) is 8.86. The highest BCUT2D eigenvalue weighted by atomic mass is 32.2. The first-order valence-electron chi connectivity index (χ1n) is 15.1. The van der Waals surface area contributed by atoms with E-state index >= 15 is 0 Å². The van der Waals surface area contributed by atoms with Crippen LogP contribution in [0.15, 0.2) is 60.8 Å². The minimum absolute atomic E-state index is 0.132. The van der Waals surface area contributed by atoms with E-state index in [1.54, 1.807) is 43.6 Å². The summed E-state index contributed by atoms with van der Waals surface area (Å²) in [6.07, 6.45) is 2.48. The molecule has 0 bridgehead atoms. The summed E-state index contributed by atoms with van der Waals surface area (Å²) in [7, 11) is 1.57. The Morgan fingerprint density at radius 3 is 2.50 bits per heavy atom. The monoisotopic (exact) mass is 683 g/mol. The number of amides is 3. The summed E-state index contributed by atoms with van der Waals surface area (Å²) in [6, 6.07) is 12.0. The fourth-order valence-corrected chi connectivity index (χ4v) is 6.49. The maximum Gasteiger partial charge on any atom is 0.338 e. The zero-order valence-corrected chi connectivity index (χ0v) is 26.7. The van der Waals surface area contributed by atoms with Crippen LogP contribution in [0.4, 0.5) is 23.7 Å². The average Bonchev–Trinajstić information content (AvgIpc) is 3.42. The first-order chi connectivity index (χ1) is 23.3. The second kappa shape index (κ2) is 15.0. The fraction of sp³-hybridized carbons (Fsp3) is 0.303. The molecule has 0 saturated carbocycles. The van der Waals surface area contributed by atoms with Crippen molar-refractivity contribution in [2.75, 3.05) is 57.6 Å². The van der Waals surface area contributed by atoms with Crippen LogP contribution in [0.25, 0.3) is 10.9 Å². The van der Waals surface area contributed by atoms with Crippen LogP contribution in [0.1, 0.15) is 17.4 Å². The van der Waals surface area contributed by atoms with Gasteiger partial charge in [-0.3, -0.25) is 14.7 Å². The topological polar surface area (TPSA) is 114 Å². The lowest BCUT2D eigenvalue weighted by molar-refractivity contribution is -0.130. The summed E-state index contributed by atoms with van der Waals surface area (Å²) < 4.78 is 65.4. The Morgan fingerprint density at radius 2 is 1.77 bits per heavy atom. The predicted molar refractivity (Wildman–Crippen MR) is 173 cm³/mol. The van der Waals surface area contributed by atoms with Crippen LogP contribution >= 0.6 is 11.8 Å². The van der Waals surface area contributed by atoms with E-state index in [2.05, 4.69) is 20.6 Å². The predicted octanol–water partition coefficient (Wildman–Crippen LogP) is 5.86. The van der Waals surface area contributed by atoms with Gasteiger partial charge in [-0.25, -0.2) is 28.4 Å². The van der Waals surface area contributed by atoms with E-state index in [4.69, 9.17) is 18.9 Å². The van der Waals surface area contributed by atoms with E-state index in [0.29, 0.717) is 58.3 Å². The van der Waals surface area contributed by atoms with E-state index in [-0.39, 0.29) is 5.75 Å². The van der Waals surface area contributed by atoms with Gasteiger partial charge < -0.3 is 24.3 Å². The molecule has 2 N–H and O–H groups in total. The van der Waals surface area contributed by atoms with E-state index in [0.717, 1.165) is 56.0 Å². The molecule has 2 aliphatic rings. The molecule has 6 rings (SSSR count). The number of urea groups is 1. The number of morpholine rings is 1. The Balaban J connectivity index is 1.08. The van der Waals surface area contributed by atoms with Crippen molar-refractivity contribution in [2.45, 2.75) is 11.8 Å². The molecule has 1 aromatic heterocycles. The van der Waals surface area contributed by atoms with Crippen molar-refractivity contribution in [1.82, 2.24) is 20.3 Å². The van der Waals surface area contributed by atoms with Crippen LogP contribution in [0.3, 0.4) is 0 Å². The van der Waals surface area contributed by atoms with Gasteiger partial charge in [0.1, 0.15) is 34.3 Å². The fourth-order valence-electron chi connectivity index (χ4n) is 5.33. The van der Waals surface area contributed by atoms with Gasteiger partial charge in [0.25, 0.3) is 5.91 Å². The molecule has 252 valence electrons. The third kappa shape index (κ3) is 7.69. The number of rotatable bonds is 11. The number of halogens is 3. The lowest BCUT2D eigenvalue weighted by atomic mass is 10.1. The van der Waals surface area contributed by atoms with Crippen LogP contribution in [0.5, 0.6) is 23.0 Å². The lowest BCUT2D eigenvalue weighted by Gasteiger charge is -2.26. The SMILES string of the molecule is COc1cc2c(Oc3ccc(NC(=O)NN4C(=O)CSC4c4c(F)cc(F)cc4F)cc3)ccnc2cc1OCCCN1CCOCC1. The van der Waals surface area contributed by atoms with E-state index in [9.17, 15) is 22.8 Å². The second-order valence-electron chi connectivity index (χ2n) is 10.9. The second-order valence-corrected chi connectivity index (χ2v) is 12.0. The van der Waals surface area contributed by atoms with Gasteiger partial charge in [0.2, 0.25) is 0 Å². The highest BCUT2D eigenvalue weighted by molar-refractivity contribution is 8.00. The van der Waals surface area contributed by atoms with Crippen LogP contribution < -0.4 is 25.0 Å². The lowest BCUT2D eigenvalue weighted by Crippen LogP contribution is -2.46. The quantitative estimate of drug-likeness (QED) is 0.188. The average molecular weight is 684 g/mol. The number of nitrogens with zero attached hydrogens (tertiary/aromatic N) is 3. The van der Waals surface area contributed by atoms with Gasteiger partial charge in [-0.2, -0.15) is 0 Å².